The lowest BCUT2D eigenvalue weighted by Gasteiger charge is -2.08. The number of hydrogen-bond acceptors (Lipinski definition) is 3. The number of carbonyl (C=O) groups is 1. The first kappa shape index (κ1) is 13.0. The van der Waals surface area contributed by atoms with Gasteiger partial charge in [-0.25, -0.2) is 8.42 Å². The first-order chi connectivity index (χ1) is 7.34. The van der Waals surface area contributed by atoms with E-state index in [-0.39, 0.29) is 9.92 Å². The van der Waals surface area contributed by atoms with E-state index in [1.807, 2.05) is 0 Å². The minimum Gasteiger partial charge on any atom is -0.481 e. The molecule has 1 N–H and O–H groups in total. The summed E-state index contributed by atoms with van der Waals surface area (Å²) in [6.45, 7) is 1.34. The highest BCUT2D eigenvalue weighted by Gasteiger charge is 2.24. The molecule has 1 aromatic rings. The van der Waals surface area contributed by atoms with E-state index in [0.29, 0.717) is 0 Å². The van der Waals surface area contributed by atoms with Crippen LogP contribution in [-0.2, 0) is 14.6 Å². The van der Waals surface area contributed by atoms with E-state index in [1.165, 1.54) is 19.1 Å². The van der Waals surface area contributed by atoms with Crippen LogP contribution < -0.4 is 0 Å². The van der Waals surface area contributed by atoms with Crippen molar-refractivity contribution in [2.45, 2.75) is 11.8 Å². The number of halogens is 1. The van der Waals surface area contributed by atoms with Crippen LogP contribution in [0.25, 0.3) is 0 Å². The van der Waals surface area contributed by atoms with Gasteiger partial charge in [-0.05, 0) is 12.1 Å². The molecule has 0 heterocycles. The minimum atomic E-state index is -3.65. The molecular formula is C10H11ClO4S. The summed E-state index contributed by atoms with van der Waals surface area (Å²) in [7, 11) is -3.65. The molecular weight excluding hydrogens is 252 g/mol. The van der Waals surface area contributed by atoms with Gasteiger partial charge >= 0.3 is 5.97 Å². The maximum absolute atomic E-state index is 11.8. The molecule has 0 aliphatic rings. The van der Waals surface area contributed by atoms with Crippen molar-refractivity contribution in [3.05, 3.63) is 29.3 Å². The molecule has 0 fully saturated rings. The van der Waals surface area contributed by atoms with Crippen LogP contribution >= 0.6 is 11.6 Å². The highest BCUT2D eigenvalue weighted by Crippen LogP contribution is 2.23. The summed E-state index contributed by atoms with van der Waals surface area (Å²) in [6.07, 6.45) is 0. The lowest BCUT2D eigenvalue weighted by molar-refractivity contribution is -0.140. The van der Waals surface area contributed by atoms with Gasteiger partial charge in [0.1, 0.15) is 0 Å². The van der Waals surface area contributed by atoms with E-state index in [4.69, 9.17) is 16.7 Å². The zero-order valence-corrected chi connectivity index (χ0v) is 10.1. The molecule has 0 aliphatic heterocycles. The summed E-state index contributed by atoms with van der Waals surface area (Å²) >= 11 is 5.75. The quantitative estimate of drug-likeness (QED) is 0.899. The number of rotatable bonds is 4. The topological polar surface area (TPSA) is 71.4 Å². The van der Waals surface area contributed by atoms with Gasteiger partial charge in [0.2, 0.25) is 0 Å². The molecule has 0 bridgehead atoms. The predicted molar refractivity (Wildman–Crippen MR) is 60.3 cm³/mol. The third-order valence-electron chi connectivity index (χ3n) is 2.06. The van der Waals surface area contributed by atoms with Crippen LogP contribution in [0.4, 0.5) is 0 Å². The lowest BCUT2D eigenvalue weighted by atomic mass is 10.2. The molecule has 1 rings (SSSR count). The number of hydrogen-bond donors (Lipinski definition) is 1. The van der Waals surface area contributed by atoms with E-state index in [0.717, 1.165) is 0 Å². The van der Waals surface area contributed by atoms with Crippen molar-refractivity contribution in [3.63, 3.8) is 0 Å². The zero-order valence-electron chi connectivity index (χ0n) is 8.55. The summed E-state index contributed by atoms with van der Waals surface area (Å²) in [5.74, 6) is -2.55. The number of carboxylic acids is 1. The highest BCUT2D eigenvalue weighted by molar-refractivity contribution is 7.91. The predicted octanol–water partition coefficient (Wildman–Crippen LogP) is 1.83. The Morgan fingerprint density at radius 1 is 1.44 bits per heavy atom. The van der Waals surface area contributed by atoms with Crippen LogP contribution in [0.1, 0.15) is 6.92 Å². The SMILES string of the molecule is CC(CS(=O)(=O)c1ccccc1Cl)C(=O)O. The third-order valence-corrected chi connectivity index (χ3v) is 4.47. The Kier molecular flexibility index (Phi) is 3.93. The van der Waals surface area contributed by atoms with Crippen LogP contribution in [0.2, 0.25) is 5.02 Å². The van der Waals surface area contributed by atoms with Crippen LogP contribution in [0, 0.1) is 5.92 Å². The monoisotopic (exact) mass is 262 g/mol. The van der Waals surface area contributed by atoms with Crippen molar-refractivity contribution in [2.24, 2.45) is 5.92 Å². The molecule has 0 aliphatic carbocycles. The Morgan fingerprint density at radius 2 is 2.00 bits per heavy atom. The lowest BCUT2D eigenvalue weighted by Crippen LogP contribution is -2.21. The number of aliphatic carboxylic acids is 1. The van der Waals surface area contributed by atoms with E-state index >= 15 is 0 Å². The van der Waals surface area contributed by atoms with Gasteiger partial charge in [-0.1, -0.05) is 30.7 Å². The molecule has 6 heteroatoms. The van der Waals surface area contributed by atoms with Gasteiger partial charge in [0.25, 0.3) is 0 Å². The molecule has 0 saturated heterocycles. The number of carboxylic acid groups (broad SMARTS) is 1. The smallest absolute Gasteiger partial charge is 0.307 e. The van der Waals surface area contributed by atoms with Crippen molar-refractivity contribution in [1.29, 1.82) is 0 Å². The fourth-order valence-electron chi connectivity index (χ4n) is 1.19. The average molecular weight is 263 g/mol. The van der Waals surface area contributed by atoms with Gasteiger partial charge in [-0.2, -0.15) is 0 Å². The van der Waals surface area contributed by atoms with Gasteiger partial charge in [0, 0.05) is 0 Å². The van der Waals surface area contributed by atoms with Gasteiger partial charge in [-0.3, -0.25) is 4.79 Å². The van der Waals surface area contributed by atoms with Crippen molar-refractivity contribution < 1.29 is 18.3 Å². The number of sulfone groups is 1. The molecule has 0 spiro atoms. The molecule has 1 aromatic carbocycles. The Bertz CT molecular complexity index is 495. The first-order valence-corrected chi connectivity index (χ1v) is 6.57. The summed E-state index contributed by atoms with van der Waals surface area (Å²) in [4.78, 5) is 10.6. The standard InChI is InChI=1S/C10H11ClO4S/c1-7(10(12)13)6-16(14,15)9-5-3-2-4-8(9)11/h2-5,7H,6H2,1H3,(H,12,13). The van der Waals surface area contributed by atoms with E-state index in [2.05, 4.69) is 0 Å². The molecule has 0 radical (unpaired) electrons. The van der Waals surface area contributed by atoms with E-state index < -0.39 is 27.5 Å². The second-order valence-corrected chi connectivity index (χ2v) is 5.86. The largest absolute Gasteiger partial charge is 0.481 e. The molecule has 4 nitrogen and oxygen atoms in total. The van der Waals surface area contributed by atoms with E-state index in [9.17, 15) is 13.2 Å². The fraction of sp³-hybridized carbons (Fsp3) is 0.300. The summed E-state index contributed by atoms with van der Waals surface area (Å²) in [5.41, 5.74) is 0. The first-order valence-electron chi connectivity index (χ1n) is 4.54. The maximum Gasteiger partial charge on any atom is 0.307 e. The zero-order chi connectivity index (χ0) is 12.3. The van der Waals surface area contributed by atoms with Crippen LogP contribution in [-0.4, -0.2) is 25.2 Å². The highest BCUT2D eigenvalue weighted by atomic mass is 35.5. The van der Waals surface area contributed by atoms with Gasteiger partial charge < -0.3 is 5.11 Å². The summed E-state index contributed by atoms with van der Waals surface area (Å²) in [5, 5.41) is 8.78. The second-order valence-electron chi connectivity index (χ2n) is 3.45. The Morgan fingerprint density at radius 3 is 2.50 bits per heavy atom. The van der Waals surface area contributed by atoms with Gasteiger partial charge in [0.05, 0.1) is 21.6 Å². The number of benzene rings is 1. The van der Waals surface area contributed by atoms with Crippen LogP contribution in [0.3, 0.4) is 0 Å². The molecule has 0 saturated carbocycles. The maximum atomic E-state index is 11.8. The molecule has 1 atom stereocenters. The second kappa shape index (κ2) is 4.84. The molecule has 0 amide bonds. The van der Waals surface area contributed by atoms with Crippen molar-refractivity contribution in [1.82, 2.24) is 0 Å². The van der Waals surface area contributed by atoms with Crippen LogP contribution in [0.5, 0.6) is 0 Å². The summed E-state index contributed by atoms with van der Waals surface area (Å²) < 4.78 is 23.6. The summed E-state index contributed by atoms with van der Waals surface area (Å²) in [6, 6.07) is 5.98. The molecule has 88 valence electrons. The van der Waals surface area contributed by atoms with Crippen molar-refractivity contribution >= 4 is 27.4 Å². The molecule has 16 heavy (non-hydrogen) atoms. The Labute approximate surface area is 98.8 Å². The average Bonchev–Trinajstić information content (AvgIpc) is 2.17. The normalized spacial score (nSPS) is 13.4. The third kappa shape index (κ3) is 2.96. The van der Waals surface area contributed by atoms with Crippen LogP contribution in [0.15, 0.2) is 29.2 Å². The minimum absolute atomic E-state index is 0.0234. The molecule has 0 aromatic heterocycles. The molecule has 1 unspecified atom stereocenters. The van der Waals surface area contributed by atoms with Gasteiger partial charge in [0.15, 0.2) is 9.84 Å². The fourth-order valence-corrected chi connectivity index (χ4v) is 3.31. The van der Waals surface area contributed by atoms with Crippen molar-refractivity contribution in [2.75, 3.05) is 5.75 Å². The van der Waals surface area contributed by atoms with E-state index in [1.54, 1.807) is 12.1 Å². The van der Waals surface area contributed by atoms with Gasteiger partial charge in [-0.15, -0.1) is 0 Å². The Hall–Kier alpha value is -1.07. The van der Waals surface area contributed by atoms with Crippen molar-refractivity contribution in [3.8, 4) is 0 Å². The Balaban J connectivity index is 3.04.